The van der Waals surface area contributed by atoms with E-state index in [2.05, 4.69) is 28.7 Å². The Morgan fingerprint density at radius 1 is 1.12 bits per heavy atom. The number of ether oxygens (including phenoxy) is 3. The first kappa shape index (κ1) is 32.2. The van der Waals surface area contributed by atoms with Crippen molar-refractivity contribution in [3.63, 3.8) is 0 Å². The Hall–Kier alpha value is -3.72. The molecule has 1 aliphatic heterocycles. The van der Waals surface area contributed by atoms with E-state index in [4.69, 9.17) is 14.2 Å². The molecular formula is C34H44FN3O5. The number of halogens is 1. The number of hydrogen-bond donors (Lipinski definition) is 1. The van der Waals surface area contributed by atoms with E-state index in [1.165, 1.54) is 6.07 Å². The van der Waals surface area contributed by atoms with E-state index in [0.29, 0.717) is 34.5 Å². The summed E-state index contributed by atoms with van der Waals surface area (Å²) in [6, 6.07) is 7.27. The number of carboxylic acid groups (broad SMARTS) is 1. The molecule has 9 heteroatoms. The summed E-state index contributed by atoms with van der Waals surface area (Å²) in [5, 5.41) is 10.3. The van der Waals surface area contributed by atoms with Crippen LogP contribution >= 0.6 is 0 Å². The average molecular weight is 594 g/mol. The molecule has 1 atom stereocenters. The van der Waals surface area contributed by atoms with Crippen LogP contribution in [0.25, 0.3) is 11.1 Å². The first-order valence-electron chi connectivity index (χ1n) is 14.8. The van der Waals surface area contributed by atoms with Gasteiger partial charge in [0.25, 0.3) is 0 Å². The average Bonchev–Trinajstić information content (AvgIpc) is 2.92. The van der Waals surface area contributed by atoms with Gasteiger partial charge in [-0.2, -0.15) is 0 Å². The normalized spacial score (nSPS) is 15.7. The Morgan fingerprint density at radius 2 is 1.81 bits per heavy atom. The van der Waals surface area contributed by atoms with Crippen LogP contribution in [0.15, 0.2) is 36.7 Å². The lowest BCUT2D eigenvalue weighted by Crippen LogP contribution is -2.39. The molecule has 0 saturated carbocycles. The summed E-state index contributed by atoms with van der Waals surface area (Å²) in [6.07, 6.45) is 4.42. The number of aromatic nitrogens is 2. The summed E-state index contributed by atoms with van der Waals surface area (Å²) in [4.78, 5) is 23.7. The number of hydrogen-bond acceptors (Lipinski definition) is 7. The molecule has 43 heavy (non-hydrogen) atoms. The van der Waals surface area contributed by atoms with Gasteiger partial charge in [0.05, 0.1) is 25.0 Å². The Labute approximate surface area is 254 Å². The van der Waals surface area contributed by atoms with Crippen LogP contribution in [0.3, 0.4) is 0 Å². The van der Waals surface area contributed by atoms with Crippen molar-refractivity contribution in [1.82, 2.24) is 9.97 Å². The molecule has 1 saturated heterocycles. The molecule has 0 bridgehead atoms. The zero-order valence-electron chi connectivity index (χ0n) is 26.6. The molecule has 3 aromatic rings. The van der Waals surface area contributed by atoms with Crippen LogP contribution in [0.4, 0.5) is 10.1 Å². The Bertz CT molecular complexity index is 1460. The largest absolute Gasteiger partial charge is 0.496 e. The molecule has 0 amide bonds. The van der Waals surface area contributed by atoms with Crippen molar-refractivity contribution >= 4 is 11.7 Å². The quantitative estimate of drug-likeness (QED) is 0.266. The van der Waals surface area contributed by atoms with Crippen molar-refractivity contribution in [2.45, 2.75) is 79.4 Å². The van der Waals surface area contributed by atoms with E-state index in [0.717, 1.165) is 42.8 Å². The zero-order valence-corrected chi connectivity index (χ0v) is 26.6. The molecule has 0 aliphatic carbocycles. The number of carboxylic acids is 1. The van der Waals surface area contributed by atoms with Gasteiger partial charge >= 0.3 is 5.97 Å². The fourth-order valence-corrected chi connectivity index (χ4v) is 5.44. The first-order valence-corrected chi connectivity index (χ1v) is 14.8. The molecule has 8 nitrogen and oxygen atoms in total. The van der Waals surface area contributed by atoms with Gasteiger partial charge < -0.3 is 24.2 Å². The summed E-state index contributed by atoms with van der Waals surface area (Å²) >= 11 is 0. The van der Waals surface area contributed by atoms with E-state index in [9.17, 15) is 9.90 Å². The van der Waals surface area contributed by atoms with Gasteiger partial charge in [0.2, 0.25) is 5.88 Å². The third kappa shape index (κ3) is 7.82. The van der Waals surface area contributed by atoms with Crippen LogP contribution in [0, 0.1) is 25.1 Å². The molecule has 3 heterocycles. The molecule has 1 aromatic carbocycles. The maximum absolute atomic E-state index is 15.4. The second kappa shape index (κ2) is 12.9. The third-order valence-corrected chi connectivity index (χ3v) is 7.89. The van der Waals surface area contributed by atoms with Crippen LogP contribution in [-0.4, -0.2) is 53.5 Å². The molecule has 0 spiro atoms. The van der Waals surface area contributed by atoms with Crippen molar-refractivity contribution in [2.24, 2.45) is 5.41 Å². The highest BCUT2D eigenvalue weighted by atomic mass is 19.1. The Balaban J connectivity index is 1.68. The van der Waals surface area contributed by atoms with Crippen molar-refractivity contribution in [3.8, 4) is 22.8 Å². The van der Waals surface area contributed by atoms with E-state index < -0.39 is 23.5 Å². The molecule has 0 unspecified atom stereocenters. The Kier molecular flexibility index (Phi) is 9.64. The van der Waals surface area contributed by atoms with Crippen LogP contribution in [0.5, 0.6) is 11.6 Å². The smallest absolute Gasteiger partial charge is 0.337 e. The van der Waals surface area contributed by atoms with Crippen molar-refractivity contribution < 1.29 is 28.5 Å². The highest BCUT2D eigenvalue weighted by molar-refractivity contribution is 5.86. The number of benzene rings is 1. The zero-order chi connectivity index (χ0) is 31.5. The number of rotatable bonds is 10. The summed E-state index contributed by atoms with van der Waals surface area (Å²) in [5.41, 5.74) is 4.36. The lowest BCUT2D eigenvalue weighted by molar-refractivity contribution is -0.160. The predicted octanol–water partition coefficient (Wildman–Crippen LogP) is 7.10. The fraction of sp³-hybridized carbons (Fsp3) is 0.500. The van der Waals surface area contributed by atoms with Gasteiger partial charge in [0.15, 0.2) is 11.9 Å². The lowest BCUT2D eigenvalue weighted by atomic mass is 9.82. The maximum atomic E-state index is 15.4. The summed E-state index contributed by atoms with van der Waals surface area (Å²) in [6.45, 7) is 15.4. The van der Waals surface area contributed by atoms with Crippen molar-refractivity contribution in [1.29, 1.82) is 0 Å². The maximum Gasteiger partial charge on any atom is 0.337 e. The fourth-order valence-electron chi connectivity index (χ4n) is 5.44. The number of aryl methyl sites for hydroxylation is 2. The van der Waals surface area contributed by atoms with E-state index >= 15 is 4.39 Å². The van der Waals surface area contributed by atoms with Crippen LogP contribution < -0.4 is 14.4 Å². The number of pyridine rings is 2. The summed E-state index contributed by atoms with van der Waals surface area (Å²) in [7, 11) is 1.64. The Morgan fingerprint density at radius 3 is 2.40 bits per heavy atom. The minimum Gasteiger partial charge on any atom is -0.496 e. The van der Waals surface area contributed by atoms with Crippen LogP contribution in [0.2, 0.25) is 0 Å². The molecule has 1 aliphatic rings. The van der Waals surface area contributed by atoms with Gasteiger partial charge in [0.1, 0.15) is 5.75 Å². The standard InChI is InChI=1S/C34H44FN3O5/c1-21-17-23(9-10-27(21)41-8)11-16-42-31-26(35)18-24(19-37-31)25-20-36-22(2)28(30(32(39)40)43-33(3,4)5)29(25)38-14-12-34(6,7)13-15-38/h9-10,17-20,30H,11-16H2,1-8H3,(H,39,40)/t30-/m0/s1. The molecule has 232 valence electrons. The van der Waals surface area contributed by atoms with Gasteiger partial charge in [-0.05, 0) is 76.1 Å². The lowest BCUT2D eigenvalue weighted by Gasteiger charge is -2.40. The van der Waals surface area contributed by atoms with Gasteiger partial charge in [-0.15, -0.1) is 0 Å². The minimum atomic E-state index is -1.25. The van der Waals surface area contributed by atoms with Gasteiger partial charge in [-0.3, -0.25) is 4.98 Å². The number of methoxy groups -OCH3 is 1. The molecule has 4 rings (SSSR count). The molecule has 1 fully saturated rings. The van der Waals surface area contributed by atoms with Gasteiger partial charge in [0, 0.05) is 54.3 Å². The second-order valence-electron chi connectivity index (χ2n) is 13.0. The molecule has 2 aromatic heterocycles. The number of nitrogens with zero attached hydrogens (tertiary/aromatic N) is 3. The third-order valence-electron chi connectivity index (χ3n) is 7.89. The number of carbonyl (C=O) groups is 1. The first-order chi connectivity index (χ1) is 20.2. The van der Waals surface area contributed by atoms with Gasteiger partial charge in [-0.25, -0.2) is 14.2 Å². The van der Waals surface area contributed by atoms with E-state index in [1.54, 1.807) is 26.4 Å². The van der Waals surface area contributed by atoms with Gasteiger partial charge in [-0.1, -0.05) is 26.0 Å². The monoisotopic (exact) mass is 593 g/mol. The highest BCUT2D eigenvalue weighted by Gasteiger charge is 2.36. The molecular weight excluding hydrogens is 549 g/mol. The number of aliphatic carboxylic acids is 1. The summed E-state index contributed by atoms with van der Waals surface area (Å²) in [5.74, 6) is -0.975. The minimum absolute atomic E-state index is 0.0879. The summed E-state index contributed by atoms with van der Waals surface area (Å²) < 4.78 is 32.6. The molecule has 0 radical (unpaired) electrons. The topological polar surface area (TPSA) is 94.0 Å². The van der Waals surface area contributed by atoms with Crippen LogP contribution in [-0.2, 0) is 16.0 Å². The van der Waals surface area contributed by atoms with Crippen LogP contribution in [0.1, 0.15) is 75.9 Å². The van der Waals surface area contributed by atoms with E-state index in [1.807, 2.05) is 45.9 Å². The highest BCUT2D eigenvalue weighted by Crippen LogP contribution is 2.43. The number of piperidine rings is 1. The second-order valence-corrected chi connectivity index (χ2v) is 13.0. The van der Waals surface area contributed by atoms with Crippen molar-refractivity contribution in [2.75, 3.05) is 31.7 Å². The molecule has 1 N–H and O–H groups in total. The van der Waals surface area contributed by atoms with E-state index in [-0.39, 0.29) is 17.9 Å². The number of anilines is 1. The predicted molar refractivity (Wildman–Crippen MR) is 166 cm³/mol. The van der Waals surface area contributed by atoms with Crippen molar-refractivity contribution in [3.05, 3.63) is 64.9 Å². The SMILES string of the molecule is COc1ccc(CCOc2ncc(-c3cnc(C)c([C@H](OC(C)(C)C)C(=O)O)c3N3CCC(C)(C)CC3)cc2F)cc1C.